The Labute approximate surface area is 144 Å². The molecule has 0 aliphatic heterocycles. The summed E-state index contributed by atoms with van der Waals surface area (Å²) in [4.78, 5) is 22.7. The van der Waals surface area contributed by atoms with Crippen molar-refractivity contribution in [3.05, 3.63) is 46.7 Å². The van der Waals surface area contributed by atoms with Crippen LogP contribution in [0.15, 0.2) is 41.0 Å². The van der Waals surface area contributed by atoms with Crippen LogP contribution >= 0.6 is 15.9 Å². The third-order valence-corrected chi connectivity index (χ3v) is 3.58. The summed E-state index contributed by atoms with van der Waals surface area (Å²) in [5.41, 5.74) is 1.05. The van der Waals surface area contributed by atoms with E-state index in [4.69, 9.17) is 0 Å². The summed E-state index contributed by atoms with van der Waals surface area (Å²) in [6.45, 7) is 1.74. The molecule has 2 aromatic rings. The lowest BCUT2D eigenvalue weighted by Gasteiger charge is -2.10. The highest BCUT2D eigenvalue weighted by Gasteiger charge is 2.09. The SMILES string of the molecule is CN(C)CCCNc1nccc(C(=O)Nc2ccc(Br)cc2)n1. The summed E-state index contributed by atoms with van der Waals surface area (Å²) < 4.78 is 0.960. The largest absolute Gasteiger partial charge is 0.354 e. The molecule has 6 nitrogen and oxygen atoms in total. The van der Waals surface area contributed by atoms with E-state index in [1.165, 1.54) is 0 Å². The predicted molar refractivity (Wildman–Crippen MR) is 95.8 cm³/mol. The summed E-state index contributed by atoms with van der Waals surface area (Å²) >= 11 is 3.36. The van der Waals surface area contributed by atoms with Crippen molar-refractivity contribution in [2.24, 2.45) is 0 Å². The summed E-state index contributed by atoms with van der Waals surface area (Å²) in [6, 6.07) is 8.98. The number of carbonyl (C=O) groups excluding carboxylic acids is 1. The van der Waals surface area contributed by atoms with Crippen molar-refractivity contribution in [1.82, 2.24) is 14.9 Å². The number of carbonyl (C=O) groups is 1. The number of halogens is 1. The molecule has 0 spiro atoms. The van der Waals surface area contributed by atoms with Crippen LogP contribution in [0.3, 0.4) is 0 Å². The third-order valence-electron chi connectivity index (χ3n) is 3.06. The van der Waals surface area contributed by atoms with Gasteiger partial charge in [0.15, 0.2) is 0 Å². The monoisotopic (exact) mass is 377 g/mol. The Morgan fingerprint density at radius 3 is 2.65 bits per heavy atom. The molecular formula is C16H20BrN5O. The Bertz CT molecular complexity index is 645. The topological polar surface area (TPSA) is 70.2 Å². The predicted octanol–water partition coefficient (Wildman–Crippen LogP) is 2.86. The number of hydrogen-bond donors (Lipinski definition) is 2. The minimum absolute atomic E-state index is 0.258. The van der Waals surface area contributed by atoms with E-state index in [1.807, 2.05) is 38.4 Å². The molecular weight excluding hydrogens is 358 g/mol. The van der Waals surface area contributed by atoms with Gasteiger partial charge in [-0.25, -0.2) is 9.97 Å². The Morgan fingerprint density at radius 2 is 1.96 bits per heavy atom. The molecule has 0 bridgehead atoms. The van der Waals surface area contributed by atoms with Crippen LogP contribution in [0.5, 0.6) is 0 Å². The Morgan fingerprint density at radius 1 is 1.22 bits per heavy atom. The van der Waals surface area contributed by atoms with Gasteiger partial charge in [-0.1, -0.05) is 15.9 Å². The molecule has 0 saturated carbocycles. The van der Waals surface area contributed by atoms with Gasteiger partial charge in [0.05, 0.1) is 0 Å². The van der Waals surface area contributed by atoms with Crippen LogP contribution in [0.1, 0.15) is 16.9 Å². The van der Waals surface area contributed by atoms with Gasteiger partial charge in [-0.3, -0.25) is 4.79 Å². The zero-order valence-electron chi connectivity index (χ0n) is 13.2. The van der Waals surface area contributed by atoms with E-state index in [-0.39, 0.29) is 5.91 Å². The van der Waals surface area contributed by atoms with E-state index in [1.54, 1.807) is 12.3 Å². The van der Waals surface area contributed by atoms with Crippen LogP contribution in [-0.2, 0) is 0 Å². The fourth-order valence-electron chi connectivity index (χ4n) is 1.89. The van der Waals surface area contributed by atoms with E-state index in [0.29, 0.717) is 11.6 Å². The minimum atomic E-state index is -0.258. The van der Waals surface area contributed by atoms with Crippen LogP contribution in [-0.4, -0.2) is 48.0 Å². The molecule has 0 unspecified atom stereocenters. The van der Waals surface area contributed by atoms with Crippen molar-refractivity contribution in [3.8, 4) is 0 Å². The average Bonchev–Trinajstić information content (AvgIpc) is 2.54. The molecule has 0 aliphatic carbocycles. The van der Waals surface area contributed by atoms with Crippen LogP contribution in [0.2, 0.25) is 0 Å². The first-order valence-electron chi connectivity index (χ1n) is 7.33. The number of hydrogen-bond acceptors (Lipinski definition) is 5. The normalized spacial score (nSPS) is 10.6. The van der Waals surface area contributed by atoms with Gasteiger partial charge in [-0.2, -0.15) is 0 Å². The Hall–Kier alpha value is -1.99. The first-order valence-corrected chi connectivity index (χ1v) is 8.12. The van der Waals surface area contributed by atoms with Crippen molar-refractivity contribution < 1.29 is 4.79 Å². The van der Waals surface area contributed by atoms with E-state index >= 15 is 0 Å². The Balaban J connectivity index is 1.92. The first kappa shape index (κ1) is 17.4. The molecule has 0 atom stereocenters. The molecule has 23 heavy (non-hydrogen) atoms. The zero-order chi connectivity index (χ0) is 16.7. The molecule has 1 aromatic heterocycles. The second-order valence-electron chi connectivity index (χ2n) is 5.31. The van der Waals surface area contributed by atoms with Crippen molar-refractivity contribution in [3.63, 3.8) is 0 Å². The highest BCUT2D eigenvalue weighted by Crippen LogP contribution is 2.15. The van der Waals surface area contributed by atoms with Gasteiger partial charge in [0.1, 0.15) is 5.69 Å². The summed E-state index contributed by atoms with van der Waals surface area (Å²) in [5.74, 6) is 0.207. The highest BCUT2D eigenvalue weighted by molar-refractivity contribution is 9.10. The molecule has 0 radical (unpaired) electrons. The van der Waals surface area contributed by atoms with Crippen molar-refractivity contribution in [2.75, 3.05) is 37.8 Å². The van der Waals surface area contributed by atoms with E-state index in [2.05, 4.69) is 41.4 Å². The van der Waals surface area contributed by atoms with E-state index < -0.39 is 0 Å². The summed E-state index contributed by atoms with van der Waals surface area (Å²) in [6.07, 6.45) is 2.56. The van der Waals surface area contributed by atoms with Gasteiger partial charge in [0.2, 0.25) is 5.95 Å². The molecule has 1 amide bonds. The smallest absolute Gasteiger partial charge is 0.274 e. The van der Waals surface area contributed by atoms with Gasteiger partial charge in [0, 0.05) is 22.9 Å². The molecule has 0 fully saturated rings. The van der Waals surface area contributed by atoms with Crippen LogP contribution in [0, 0.1) is 0 Å². The maximum Gasteiger partial charge on any atom is 0.274 e. The van der Waals surface area contributed by atoms with Gasteiger partial charge in [-0.05, 0) is 57.4 Å². The van der Waals surface area contributed by atoms with Crippen LogP contribution in [0.4, 0.5) is 11.6 Å². The molecule has 1 aromatic carbocycles. The second-order valence-corrected chi connectivity index (χ2v) is 6.23. The minimum Gasteiger partial charge on any atom is -0.354 e. The van der Waals surface area contributed by atoms with E-state index in [0.717, 1.165) is 29.7 Å². The quantitative estimate of drug-likeness (QED) is 0.726. The second kappa shape index (κ2) is 8.59. The standard InChI is InChI=1S/C16H20BrN5O/c1-22(2)11-3-9-18-16-19-10-8-14(21-16)15(23)20-13-6-4-12(17)5-7-13/h4-8,10H,3,9,11H2,1-2H3,(H,20,23)(H,18,19,21). The van der Waals surface area contributed by atoms with Crippen molar-refractivity contribution >= 4 is 33.5 Å². The molecule has 0 saturated heterocycles. The Kier molecular flexibility index (Phi) is 6.49. The van der Waals surface area contributed by atoms with Crippen LogP contribution < -0.4 is 10.6 Å². The molecule has 7 heteroatoms. The van der Waals surface area contributed by atoms with Gasteiger partial charge in [-0.15, -0.1) is 0 Å². The molecule has 122 valence electrons. The lowest BCUT2D eigenvalue weighted by molar-refractivity contribution is 0.102. The molecule has 0 aliphatic rings. The van der Waals surface area contributed by atoms with Crippen molar-refractivity contribution in [1.29, 1.82) is 0 Å². The lowest BCUT2D eigenvalue weighted by atomic mass is 10.3. The fraction of sp³-hybridized carbons (Fsp3) is 0.312. The number of nitrogens with zero attached hydrogens (tertiary/aromatic N) is 3. The number of nitrogens with one attached hydrogen (secondary N) is 2. The van der Waals surface area contributed by atoms with Gasteiger partial charge < -0.3 is 15.5 Å². The summed E-state index contributed by atoms with van der Waals surface area (Å²) in [7, 11) is 4.06. The fourth-order valence-corrected chi connectivity index (χ4v) is 2.16. The molecule has 2 rings (SSSR count). The number of benzene rings is 1. The number of amides is 1. The number of aromatic nitrogens is 2. The maximum atomic E-state index is 12.2. The average molecular weight is 378 g/mol. The zero-order valence-corrected chi connectivity index (χ0v) is 14.8. The first-order chi connectivity index (χ1) is 11.0. The van der Waals surface area contributed by atoms with Crippen LogP contribution in [0.25, 0.3) is 0 Å². The molecule has 1 heterocycles. The highest BCUT2D eigenvalue weighted by atomic mass is 79.9. The van der Waals surface area contributed by atoms with Gasteiger partial charge >= 0.3 is 0 Å². The van der Waals surface area contributed by atoms with Gasteiger partial charge in [0.25, 0.3) is 5.91 Å². The van der Waals surface area contributed by atoms with Crippen molar-refractivity contribution in [2.45, 2.75) is 6.42 Å². The maximum absolute atomic E-state index is 12.2. The van der Waals surface area contributed by atoms with E-state index in [9.17, 15) is 4.79 Å². The number of anilines is 2. The third kappa shape index (κ3) is 5.96. The molecule has 2 N–H and O–H groups in total. The lowest BCUT2D eigenvalue weighted by Crippen LogP contribution is -2.18. The summed E-state index contributed by atoms with van der Waals surface area (Å²) in [5, 5.41) is 5.94. The number of rotatable bonds is 7.